The molecular weight excluding hydrogens is 160 g/mol. The first-order valence-corrected chi connectivity index (χ1v) is 3.69. The average Bonchev–Trinajstić information content (AvgIpc) is 1.98. The topological polar surface area (TPSA) is 83.6 Å². The van der Waals surface area contributed by atoms with Gasteiger partial charge in [0.15, 0.2) is 0 Å². The van der Waals surface area contributed by atoms with Crippen LogP contribution in [0.4, 0.5) is 4.79 Å². The quantitative estimate of drug-likeness (QED) is 0.607. The predicted molar refractivity (Wildman–Crippen MR) is 43.2 cm³/mol. The third-order valence-corrected chi connectivity index (χ3v) is 1.25. The molecule has 0 bridgehead atoms. The summed E-state index contributed by atoms with van der Waals surface area (Å²) in [5.41, 5.74) is 4.92. The molecular formula is C7H14N2O3. The molecule has 0 fully saturated rings. The van der Waals surface area contributed by atoms with E-state index >= 15 is 0 Å². The third kappa shape index (κ3) is 3.34. The first-order valence-electron chi connectivity index (χ1n) is 3.69. The fourth-order valence-corrected chi connectivity index (χ4v) is 0.765. The summed E-state index contributed by atoms with van der Waals surface area (Å²) in [7, 11) is 0. The predicted octanol–water partition coefficient (Wildman–Crippen LogP) is -0.458. The molecule has 0 saturated heterocycles. The van der Waals surface area contributed by atoms with Crippen molar-refractivity contribution in [3.05, 3.63) is 0 Å². The minimum absolute atomic E-state index is 0.146. The van der Waals surface area contributed by atoms with Gasteiger partial charge in [-0.1, -0.05) is 13.8 Å². The number of nitrogens with two attached hydrogens (primary N) is 1. The second kappa shape index (κ2) is 4.71. The Morgan fingerprint density at radius 1 is 1.50 bits per heavy atom. The molecule has 3 amide bonds. The molecule has 5 heteroatoms. The molecule has 0 radical (unpaired) electrons. The highest BCUT2D eigenvalue weighted by molar-refractivity contribution is 5.94. The van der Waals surface area contributed by atoms with Gasteiger partial charge in [0, 0.05) is 6.54 Å². The van der Waals surface area contributed by atoms with Gasteiger partial charge in [0.1, 0.15) is 6.61 Å². The van der Waals surface area contributed by atoms with E-state index in [1.165, 1.54) is 0 Å². The van der Waals surface area contributed by atoms with Crippen LogP contribution in [0.15, 0.2) is 0 Å². The second-order valence-electron chi connectivity index (χ2n) is 2.89. The molecule has 3 N–H and O–H groups in total. The molecule has 0 saturated carbocycles. The first kappa shape index (κ1) is 10.9. The van der Waals surface area contributed by atoms with Crippen LogP contribution >= 0.6 is 0 Å². The van der Waals surface area contributed by atoms with E-state index in [9.17, 15) is 9.59 Å². The van der Waals surface area contributed by atoms with Crippen molar-refractivity contribution in [3.8, 4) is 0 Å². The summed E-state index contributed by atoms with van der Waals surface area (Å²) in [4.78, 5) is 22.4. The van der Waals surface area contributed by atoms with Crippen molar-refractivity contribution in [2.75, 3.05) is 13.2 Å². The van der Waals surface area contributed by atoms with Gasteiger partial charge >= 0.3 is 6.03 Å². The van der Waals surface area contributed by atoms with E-state index in [2.05, 4.69) is 0 Å². The number of carbonyl (C=O) groups is 2. The van der Waals surface area contributed by atoms with Gasteiger partial charge in [-0.05, 0) is 5.92 Å². The van der Waals surface area contributed by atoms with Crippen LogP contribution in [-0.2, 0) is 4.79 Å². The zero-order valence-corrected chi connectivity index (χ0v) is 7.28. The summed E-state index contributed by atoms with van der Waals surface area (Å²) in [5, 5.41) is 8.47. The van der Waals surface area contributed by atoms with Crippen molar-refractivity contribution in [1.82, 2.24) is 4.90 Å². The monoisotopic (exact) mass is 174 g/mol. The molecule has 12 heavy (non-hydrogen) atoms. The fourth-order valence-electron chi connectivity index (χ4n) is 0.765. The number of nitrogens with zero attached hydrogens (tertiary/aromatic N) is 1. The summed E-state index contributed by atoms with van der Waals surface area (Å²) in [6.45, 7) is 3.26. The van der Waals surface area contributed by atoms with Crippen LogP contribution in [0.25, 0.3) is 0 Å². The van der Waals surface area contributed by atoms with E-state index in [0.717, 1.165) is 4.90 Å². The van der Waals surface area contributed by atoms with Crippen LogP contribution in [0, 0.1) is 5.92 Å². The third-order valence-electron chi connectivity index (χ3n) is 1.25. The number of carbonyl (C=O) groups excluding carboxylic acids is 2. The van der Waals surface area contributed by atoms with E-state index in [0.29, 0.717) is 0 Å². The zero-order valence-electron chi connectivity index (χ0n) is 7.28. The molecule has 0 atom stereocenters. The lowest BCUT2D eigenvalue weighted by Crippen LogP contribution is -2.44. The number of amides is 3. The highest BCUT2D eigenvalue weighted by Gasteiger charge is 2.18. The van der Waals surface area contributed by atoms with E-state index in [4.69, 9.17) is 10.8 Å². The molecule has 70 valence electrons. The average molecular weight is 174 g/mol. The standard InChI is InChI=1S/C7H14N2O3/c1-5(2)3-9(7(8)12)6(11)4-10/h5,10H,3-4H2,1-2H3,(H2,8,12). The van der Waals surface area contributed by atoms with E-state index < -0.39 is 18.5 Å². The fraction of sp³-hybridized carbons (Fsp3) is 0.714. The first-order chi connectivity index (χ1) is 5.49. The Bertz CT molecular complexity index is 179. The van der Waals surface area contributed by atoms with Crippen molar-refractivity contribution in [1.29, 1.82) is 0 Å². The Balaban J connectivity index is 4.23. The highest BCUT2D eigenvalue weighted by Crippen LogP contribution is 1.98. The molecule has 0 heterocycles. The van der Waals surface area contributed by atoms with Crippen molar-refractivity contribution in [2.45, 2.75) is 13.8 Å². The summed E-state index contributed by atoms with van der Waals surface area (Å²) < 4.78 is 0. The van der Waals surface area contributed by atoms with Crippen molar-refractivity contribution >= 4 is 11.9 Å². The minimum Gasteiger partial charge on any atom is -0.387 e. The maximum Gasteiger partial charge on any atom is 0.321 e. The molecule has 0 aliphatic carbocycles. The lowest BCUT2D eigenvalue weighted by Gasteiger charge is -2.18. The van der Waals surface area contributed by atoms with Crippen molar-refractivity contribution in [3.63, 3.8) is 0 Å². The van der Waals surface area contributed by atoms with Gasteiger partial charge in [0.2, 0.25) is 0 Å². The molecule has 0 unspecified atom stereocenters. The van der Waals surface area contributed by atoms with Gasteiger partial charge in [-0.2, -0.15) is 0 Å². The van der Waals surface area contributed by atoms with Gasteiger partial charge < -0.3 is 10.8 Å². The lowest BCUT2D eigenvalue weighted by atomic mass is 10.2. The molecule has 5 nitrogen and oxygen atoms in total. The van der Waals surface area contributed by atoms with Crippen LogP contribution < -0.4 is 5.73 Å². The molecule has 0 spiro atoms. The van der Waals surface area contributed by atoms with Crippen LogP contribution in [0.3, 0.4) is 0 Å². The van der Waals surface area contributed by atoms with Crippen LogP contribution in [0.1, 0.15) is 13.8 Å². The maximum absolute atomic E-state index is 10.9. The Kier molecular flexibility index (Phi) is 4.28. The number of rotatable bonds is 3. The van der Waals surface area contributed by atoms with Crippen LogP contribution in [-0.4, -0.2) is 35.1 Å². The molecule has 0 aliphatic heterocycles. The Morgan fingerprint density at radius 3 is 2.25 bits per heavy atom. The van der Waals surface area contributed by atoms with Crippen LogP contribution in [0.5, 0.6) is 0 Å². The smallest absolute Gasteiger partial charge is 0.321 e. The number of imide groups is 1. The summed E-state index contributed by atoms with van der Waals surface area (Å²) in [5.74, 6) is -0.510. The Hall–Kier alpha value is -1.10. The number of primary amides is 1. The van der Waals surface area contributed by atoms with Crippen molar-refractivity contribution < 1.29 is 14.7 Å². The molecule has 0 rings (SSSR count). The van der Waals surface area contributed by atoms with Gasteiger partial charge in [-0.3, -0.25) is 9.69 Å². The number of aliphatic hydroxyl groups is 1. The summed E-state index contributed by atoms with van der Waals surface area (Å²) >= 11 is 0. The zero-order chi connectivity index (χ0) is 9.72. The molecule has 0 aromatic heterocycles. The Morgan fingerprint density at radius 2 is 2.00 bits per heavy atom. The lowest BCUT2D eigenvalue weighted by molar-refractivity contribution is -0.131. The van der Waals surface area contributed by atoms with E-state index in [1.807, 2.05) is 13.8 Å². The van der Waals surface area contributed by atoms with Crippen molar-refractivity contribution in [2.24, 2.45) is 11.7 Å². The van der Waals surface area contributed by atoms with Crippen LogP contribution in [0.2, 0.25) is 0 Å². The summed E-state index contributed by atoms with van der Waals surface area (Å²) in [6, 6.07) is -0.817. The number of hydrogen-bond donors (Lipinski definition) is 2. The molecule has 0 aliphatic rings. The van der Waals surface area contributed by atoms with Gasteiger partial charge in [0.05, 0.1) is 0 Å². The minimum atomic E-state index is -0.817. The highest BCUT2D eigenvalue weighted by atomic mass is 16.3. The van der Waals surface area contributed by atoms with Gasteiger partial charge in [-0.15, -0.1) is 0 Å². The number of aliphatic hydroxyl groups excluding tert-OH is 1. The summed E-state index contributed by atoms with van der Waals surface area (Å²) in [6.07, 6.45) is 0. The largest absolute Gasteiger partial charge is 0.387 e. The number of urea groups is 1. The Labute approximate surface area is 71.1 Å². The van der Waals surface area contributed by atoms with Gasteiger partial charge in [-0.25, -0.2) is 4.79 Å². The molecule has 0 aromatic carbocycles. The second-order valence-corrected chi connectivity index (χ2v) is 2.89. The number of hydrogen-bond acceptors (Lipinski definition) is 3. The van der Waals surface area contributed by atoms with E-state index in [1.54, 1.807) is 0 Å². The van der Waals surface area contributed by atoms with E-state index in [-0.39, 0.29) is 12.5 Å². The normalized spacial score (nSPS) is 10.0. The maximum atomic E-state index is 10.9. The molecule has 0 aromatic rings. The SMILES string of the molecule is CC(C)CN(C(N)=O)C(=O)CO. The van der Waals surface area contributed by atoms with Gasteiger partial charge in [0.25, 0.3) is 5.91 Å².